The van der Waals surface area contributed by atoms with E-state index in [1.807, 2.05) is 0 Å². The first-order valence-electron chi connectivity index (χ1n) is 6.11. The van der Waals surface area contributed by atoms with Crippen molar-refractivity contribution in [2.24, 2.45) is 0 Å². The average Bonchev–Trinajstić information content (AvgIpc) is 2.42. The molecule has 106 valence electrons. The fourth-order valence-corrected chi connectivity index (χ4v) is 1.88. The monoisotopic (exact) mass is 278 g/mol. The Morgan fingerprint density at radius 2 is 2.05 bits per heavy atom. The van der Waals surface area contributed by atoms with Gasteiger partial charge in [-0.1, -0.05) is 0 Å². The number of nitrogens with zero attached hydrogens (tertiary/aromatic N) is 1. The van der Waals surface area contributed by atoms with Gasteiger partial charge in [0, 0.05) is 30.9 Å². The van der Waals surface area contributed by atoms with Crippen molar-refractivity contribution < 1.29 is 14.5 Å². The predicted octanol–water partition coefficient (Wildman–Crippen LogP) is 0.0114. The topological polar surface area (TPSA) is 113 Å². The number of nitro benzene ring substituents is 1. The van der Waals surface area contributed by atoms with Gasteiger partial charge in [0.2, 0.25) is 11.8 Å². The molecule has 1 atom stereocenters. The highest BCUT2D eigenvalue weighted by atomic mass is 16.6. The summed E-state index contributed by atoms with van der Waals surface area (Å²) in [5.41, 5.74) is 0.410. The lowest BCUT2D eigenvalue weighted by atomic mass is 10.1. The molecule has 0 saturated carbocycles. The minimum atomic E-state index is -0.540. The normalized spacial score (nSPS) is 18.2. The highest BCUT2D eigenvalue weighted by Crippen LogP contribution is 2.15. The van der Waals surface area contributed by atoms with Crippen LogP contribution in [0.15, 0.2) is 24.3 Å². The van der Waals surface area contributed by atoms with Crippen molar-refractivity contribution in [2.75, 3.05) is 18.4 Å². The summed E-state index contributed by atoms with van der Waals surface area (Å²) in [5, 5.41) is 18.7. The van der Waals surface area contributed by atoms with Gasteiger partial charge in [0.25, 0.3) is 5.69 Å². The van der Waals surface area contributed by atoms with Crippen LogP contribution in [0.1, 0.15) is 6.42 Å². The fraction of sp³-hybridized carbons (Fsp3) is 0.333. The third kappa shape index (κ3) is 3.51. The Labute approximate surface area is 114 Å². The van der Waals surface area contributed by atoms with E-state index in [4.69, 9.17) is 0 Å². The summed E-state index contributed by atoms with van der Waals surface area (Å²) in [5.74, 6) is -0.525. The van der Waals surface area contributed by atoms with E-state index < -0.39 is 11.0 Å². The van der Waals surface area contributed by atoms with E-state index in [0.717, 1.165) is 0 Å². The number of hydrogen-bond donors (Lipinski definition) is 3. The summed E-state index contributed by atoms with van der Waals surface area (Å²) in [7, 11) is 0. The molecule has 20 heavy (non-hydrogen) atoms. The van der Waals surface area contributed by atoms with Gasteiger partial charge in [0.15, 0.2) is 0 Å². The molecule has 8 heteroatoms. The standard InChI is InChI=1S/C12H14N4O4/c17-11(7-10-12(18)14-6-5-13-10)15-8-1-3-9(4-2-8)16(19)20/h1-4,10,13H,5-7H2,(H,14,18)(H,15,17)/t10-/m0/s1. The quantitative estimate of drug-likeness (QED) is 0.530. The van der Waals surface area contributed by atoms with Crippen molar-refractivity contribution in [1.82, 2.24) is 10.6 Å². The molecule has 3 N–H and O–H groups in total. The molecule has 0 unspecified atom stereocenters. The molecule has 8 nitrogen and oxygen atoms in total. The zero-order chi connectivity index (χ0) is 14.5. The Hall–Kier alpha value is -2.48. The van der Waals surface area contributed by atoms with Crippen LogP contribution in [0, 0.1) is 10.1 Å². The Kier molecular flexibility index (Phi) is 4.26. The number of hydrogen-bond acceptors (Lipinski definition) is 5. The molecule has 1 heterocycles. The van der Waals surface area contributed by atoms with E-state index in [0.29, 0.717) is 18.8 Å². The summed E-state index contributed by atoms with van der Waals surface area (Å²) in [6.07, 6.45) is 0.0167. The van der Waals surface area contributed by atoms with Crippen LogP contribution < -0.4 is 16.0 Å². The number of anilines is 1. The molecule has 1 saturated heterocycles. The molecule has 0 radical (unpaired) electrons. The van der Waals surface area contributed by atoms with E-state index in [-0.39, 0.29) is 23.9 Å². The Bertz CT molecular complexity index is 529. The number of benzene rings is 1. The molecule has 1 aromatic rings. The van der Waals surface area contributed by atoms with Crippen LogP contribution in [0.25, 0.3) is 0 Å². The number of amides is 2. The van der Waals surface area contributed by atoms with Crippen molar-refractivity contribution in [3.05, 3.63) is 34.4 Å². The van der Waals surface area contributed by atoms with Gasteiger partial charge in [-0.15, -0.1) is 0 Å². The average molecular weight is 278 g/mol. The van der Waals surface area contributed by atoms with Gasteiger partial charge in [-0.25, -0.2) is 0 Å². The van der Waals surface area contributed by atoms with E-state index in [1.165, 1.54) is 24.3 Å². The zero-order valence-electron chi connectivity index (χ0n) is 10.6. The maximum absolute atomic E-state index is 11.8. The van der Waals surface area contributed by atoms with E-state index in [2.05, 4.69) is 16.0 Å². The van der Waals surface area contributed by atoms with Crippen LogP contribution >= 0.6 is 0 Å². The van der Waals surface area contributed by atoms with Gasteiger partial charge in [-0.3, -0.25) is 19.7 Å². The summed E-state index contributed by atoms with van der Waals surface area (Å²) >= 11 is 0. The number of non-ortho nitro benzene ring substituents is 1. The van der Waals surface area contributed by atoms with Crippen LogP contribution in [0.4, 0.5) is 11.4 Å². The smallest absolute Gasteiger partial charge is 0.269 e. The number of piperazine rings is 1. The van der Waals surface area contributed by atoms with E-state index in [1.54, 1.807) is 0 Å². The Morgan fingerprint density at radius 1 is 1.35 bits per heavy atom. The summed E-state index contributed by atoms with van der Waals surface area (Å²) in [4.78, 5) is 33.2. The lowest BCUT2D eigenvalue weighted by Gasteiger charge is -2.22. The number of carbonyl (C=O) groups excluding carboxylic acids is 2. The third-order valence-electron chi connectivity index (χ3n) is 2.88. The van der Waals surface area contributed by atoms with Crippen LogP contribution in [0.3, 0.4) is 0 Å². The van der Waals surface area contributed by atoms with Crippen molar-refractivity contribution in [3.63, 3.8) is 0 Å². The minimum Gasteiger partial charge on any atom is -0.353 e. The van der Waals surface area contributed by atoms with Gasteiger partial charge in [-0.2, -0.15) is 0 Å². The van der Waals surface area contributed by atoms with Crippen molar-refractivity contribution >= 4 is 23.2 Å². The first-order chi connectivity index (χ1) is 9.56. The lowest BCUT2D eigenvalue weighted by Crippen LogP contribution is -2.53. The van der Waals surface area contributed by atoms with Crippen molar-refractivity contribution in [2.45, 2.75) is 12.5 Å². The molecule has 0 aromatic heterocycles. The summed E-state index contributed by atoms with van der Waals surface area (Å²) in [6, 6.07) is 4.97. The lowest BCUT2D eigenvalue weighted by molar-refractivity contribution is -0.384. The van der Waals surface area contributed by atoms with E-state index in [9.17, 15) is 19.7 Å². The number of carbonyl (C=O) groups is 2. The van der Waals surface area contributed by atoms with Gasteiger partial charge in [0.05, 0.1) is 17.4 Å². The maximum Gasteiger partial charge on any atom is 0.269 e. The number of nitrogens with one attached hydrogen (secondary N) is 3. The Morgan fingerprint density at radius 3 is 2.65 bits per heavy atom. The number of rotatable bonds is 4. The molecule has 1 aliphatic heterocycles. The fourth-order valence-electron chi connectivity index (χ4n) is 1.88. The summed E-state index contributed by atoms with van der Waals surface area (Å²) in [6.45, 7) is 1.18. The molecule has 2 rings (SSSR count). The van der Waals surface area contributed by atoms with Gasteiger partial charge >= 0.3 is 0 Å². The highest BCUT2D eigenvalue weighted by molar-refractivity contribution is 5.95. The second-order valence-electron chi connectivity index (χ2n) is 4.35. The highest BCUT2D eigenvalue weighted by Gasteiger charge is 2.24. The predicted molar refractivity (Wildman–Crippen MR) is 71.1 cm³/mol. The molecule has 0 bridgehead atoms. The summed E-state index contributed by atoms with van der Waals surface area (Å²) < 4.78 is 0. The van der Waals surface area contributed by atoms with Crippen LogP contribution in [0.2, 0.25) is 0 Å². The van der Waals surface area contributed by atoms with Crippen LogP contribution in [0.5, 0.6) is 0 Å². The van der Waals surface area contributed by atoms with Crippen molar-refractivity contribution in [3.8, 4) is 0 Å². The van der Waals surface area contributed by atoms with Crippen LogP contribution in [-0.4, -0.2) is 35.9 Å². The molecule has 0 aliphatic carbocycles. The molecular weight excluding hydrogens is 264 g/mol. The van der Waals surface area contributed by atoms with Gasteiger partial charge in [-0.05, 0) is 12.1 Å². The van der Waals surface area contributed by atoms with E-state index >= 15 is 0 Å². The maximum atomic E-state index is 11.8. The second kappa shape index (κ2) is 6.11. The third-order valence-corrected chi connectivity index (χ3v) is 2.88. The van der Waals surface area contributed by atoms with Crippen molar-refractivity contribution in [1.29, 1.82) is 0 Å². The molecule has 1 fully saturated rings. The zero-order valence-corrected chi connectivity index (χ0v) is 10.6. The molecular formula is C12H14N4O4. The number of nitro groups is 1. The first kappa shape index (κ1) is 13.9. The Balaban J connectivity index is 1.90. The van der Waals surface area contributed by atoms with Gasteiger partial charge in [0.1, 0.15) is 0 Å². The second-order valence-corrected chi connectivity index (χ2v) is 4.35. The van der Waals surface area contributed by atoms with Crippen LogP contribution in [-0.2, 0) is 9.59 Å². The first-order valence-corrected chi connectivity index (χ1v) is 6.11. The minimum absolute atomic E-state index is 0.0167. The largest absolute Gasteiger partial charge is 0.353 e. The molecule has 1 aliphatic rings. The van der Waals surface area contributed by atoms with Gasteiger partial charge < -0.3 is 16.0 Å². The SMILES string of the molecule is O=C(C[C@@H]1NCCNC1=O)Nc1ccc([N+](=O)[O-])cc1. The molecule has 1 aromatic carbocycles. The molecule has 2 amide bonds. The molecule has 0 spiro atoms.